The summed E-state index contributed by atoms with van der Waals surface area (Å²) in [4.78, 5) is 0. The third-order valence-electron chi connectivity index (χ3n) is 3.35. The van der Waals surface area contributed by atoms with Gasteiger partial charge in [-0.05, 0) is 38.3 Å². The predicted octanol–water partition coefficient (Wildman–Crippen LogP) is 2.57. The molecule has 0 heterocycles. The van der Waals surface area contributed by atoms with E-state index in [4.69, 9.17) is 10.00 Å². The molecule has 1 aromatic carbocycles. The van der Waals surface area contributed by atoms with Crippen LogP contribution in [0.15, 0.2) is 6.07 Å². The Morgan fingerprint density at radius 1 is 1.44 bits per heavy atom. The first-order valence-corrected chi connectivity index (χ1v) is 5.34. The van der Waals surface area contributed by atoms with Crippen molar-refractivity contribution in [1.82, 2.24) is 0 Å². The molecule has 1 aromatic rings. The van der Waals surface area contributed by atoms with Crippen molar-refractivity contribution in [1.29, 1.82) is 5.26 Å². The van der Waals surface area contributed by atoms with E-state index in [1.165, 1.54) is 0 Å². The number of nitrogens with zero attached hydrogens (tertiary/aromatic N) is 1. The van der Waals surface area contributed by atoms with E-state index in [2.05, 4.69) is 6.07 Å². The van der Waals surface area contributed by atoms with Gasteiger partial charge in [0.15, 0.2) is 0 Å². The molecule has 84 valence electrons. The smallest absolute Gasteiger partial charge is 0.128 e. The molecule has 1 fully saturated rings. The minimum absolute atomic E-state index is 0.210. The normalized spacial score (nSPS) is 16.6. The van der Waals surface area contributed by atoms with Crippen molar-refractivity contribution < 1.29 is 9.84 Å². The maximum atomic E-state index is 10.1. The van der Waals surface area contributed by atoms with Gasteiger partial charge in [-0.15, -0.1) is 0 Å². The van der Waals surface area contributed by atoms with Gasteiger partial charge in [-0.25, -0.2) is 0 Å². The van der Waals surface area contributed by atoms with Gasteiger partial charge in [0.2, 0.25) is 0 Å². The molecule has 0 atom stereocenters. The van der Waals surface area contributed by atoms with Crippen LogP contribution in [0.4, 0.5) is 0 Å². The Morgan fingerprint density at radius 3 is 2.50 bits per heavy atom. The molecule has 16 heavy (non-hydrogen) atoms. The Morgan fingerprint density at radius 2 is 2.06 bits per heavy atom. The molecular weight excluding hydrogens is 202 g/mol. The molecule has 0 spiro atoms. The molecule has 1 aliphatic carbocycles. The van der Waals surface area contributed by atoms with Gasteiger partial charge in [0, 0.05) is 11.1 Å². The number of rotatable bonds is 2. The SMILES string of the molecule is COc1c(C)cc(C2(C#N)CC2)c(O)c1C. The molecule has 1 aliphatic rings. The fourth-order valence-corrected chi connectivity index (χ4v) is 2.20. The molecule has 1 N–H and O–H groups in total. The second kappa shape index (κ2) is 3.41. The number of aromatic hydroxyl groups is 1. The van der Waals surface area contributed by atoms with Crippen LogP contribution < -0.4 is 4.74 Å². The molecule has 0 bridgehead atoms. The molecule has 0 aromatic heterocycles. The second-order valence-corrected chi connectivity index (χ2v) is 4.44. The van der Waals surface area contributed by atoms with E-state index in [1.807, 2.05) is 19.9 Å². The van der Waals surface area contributed by atoms with Gasteiger partial charge in [0.1, 0.15) is 11.5 Å². The summed E-state index contributed by atoms with van der Waals surface area (Å²) in [5.74, 6) is 0.913. The maximum Gasteiger partial charge on any atom is 0.128 e. The standard InChI is InChI=1S/C13H15NO2/c1-8-6-10(13(7-14)4-5-13)11(15)9(2)12(8)16-3/h6,15H,4-5H2,1-3H3. The van der Waals surface area contributed by atoms with Crippen LogP contribution in [0.3, 0.4) is 0 Å². The van der Waals surface area contributed by atoms with Crippen molar-refractivity contribution in [3.63, 3.8) is 0 Å². The topological polar surface area (TPSA) is 53.2 Å². The van der Waals surface area contributed by atoms with Crippen LogP contribution in [0.5, 0.6) is 11.5 Å². The Balaban J connectivity index is 2.62. The number of ether oxygens (including phenoxy) is 1. The minimum Gasteiger partial charge on any atom is -0.507 e. The first kappa shape index (κ1) is 10.8. The lowest BCUT2D eigenvalue weighted by Crippen LogP contribution is -2.05. The molecule has 0 unspecified atom stereocenters. The fraction of sp³-hybridized carbons (Fsp3) is 0.462. The van der Waals surface area contributed by atoms with E-state index in [0.29, 0.717) is 5.75 Å². The van der Waals surface area contributed by atoms with E-state index in [1.54, 1.807) is 7.11 Å². The summed E-state index contributed by atoms with van der Waals surface area (Å²) < 4.78 is 5.24. The quantitative estimate of drug-likeness (QED) is 0.828. The van der Waals surface area contributed by atoms with Gasteiger partial charge >= 0.3 is 0 Å². The van der Waals surface area contributed by atoms with Crippen LogP contribution in [-0.2, 0) is 5.41 Å². The number of nitriles is 1. The van der Waals surface area contributed by atoms with Crippen LogP contribution in [0, 0.1) is 25.2 Å². The van der Waals surface area contributed by atoms with E-state index in [-0.39, 0.29) is 5.75 Å². The highest BCUT2D eigenvalue weighted by Crippen LogP contribution is 2.52. The van der Waals surface area contributed by atoms with Crippen molar-refractivity contribution in [2.45, 2.75) is 32.1 Å². The van der Waals surface area contributed by atoms with Crippen LogP contribution in [0.1, 0.15) is 29.5 Å². The first-order valence-electron chi connectivity index (χ1n) is 5.34. The molecule has 0 radical (unpaired) electrons. The zero-order valence-corrected chi connectivity index (χ0v) is 9.79. The van der Waals surface area contributed by atoms with Gasteiger partial charge < -0.3 is 9.84 Å². The van der Waals surface area contributed by atoms with Crippen molar-refractivity contribution >= 4 is 0 Å². The monoisotopic (exact) mass is 217 g/mol. The van der Waals surface area contributed by atoms with Gasteiger partial charge in [0.25, 0.3) is 0 Å². The van der Waals surface area contributed by atoms with Gasteiger partial charge in [-0.1, -0.05) is 0 Å². The Hall–Kier alpha value is -1.69. The molecule has 0 aliphatic heterocycles. The third-order valence-corrected chi connectivity index (χ3v) is 3.35. The molecule has 0 amide bonds. The van der Waals surface area contributed by atoms with E-state index in [0.717, 1.165) is 29.5 Å². The zero-order valence-electron chi connectivity index (χ0n) is 9.79. The number of phenolic OH excluding ortho intramolecular Hbond substituents is 1. The summed E-state index contributed by atoms with van der Waals surface area (Å²) in [5.41, 5.74) is 1.99. The van der Waals surface area contributed by atoms with Crippen molar-refractivity contribution in [2.24, 2.45) is 0 Å². The second-order valence-electron chi connectivity index (χ2n) is 4.44. The fourth-order valence-electron chi connectivity index (χ4n) is 2.20. The number of phenols is 1. The largest absolute Gasteiger partial charge is 0.507 e. The van der Waals surface area contributed by atoms with Crippen LogP contribution >= 0.6 is 0 Å². The Bertz CT molecular complexity index is 482. The lowest BCUT2D eigenvalue weighted by molar-refractivity contribution is 0.397. The van der Waals surface area contributed by atoms with Crippen LogP contribution in [0.2, 0.25) is 0 Å². The average molecular weight is 217 g/mol. The average Bonchev–Trinajstić information content (AvgIpc) is 3.05. The van der Waals surface area contributed by atoms with Gasteiger partial charge in [-0.3, -0.25) is 0 Å². The summed E-state index contributed by atoms with van der Waals surface area (Å²) in [7, 11) is 1.59. The maximum absolute atomic E-state index is 10.1. The number of methoxy groups -OCH3 is 1. The molecule has 3 heteroatoms. The first-order chi connectivity index (χ1) is 7.55. The number of benzene rings is 1. The number of aryl methyl sites for hydroxylation is 1. The number of hydrogen-bond donors (Lipinski definition) is 1. The molecule has 3 nitrogen and oxygen atoms in total. The summed E-state index contributed by atoms with van der Waals surface area (Å²) in [6, 6.07) is 4.17. The molecular formula is C13H15NO2. The van der Waals surface area contributed by atoms with Gasteiger partial charge in [0.05, 0.1) is 18.6 Å². The van der Waals surface area contributed by atoms with E-state index >= 15 is 0 Å². The van der Waals surface area contributed by atoms with E-state index < -0.39 is 5.41 Å². The minimum atomic E-state index is -0.453. The highest BCUT2D eigenvalue weighted by molar-refractivity contribution is 5.58. The van der Waals surface area contributed by atoms with Crippen molar-refractivity contribution in [3.8, 4) is 17.6 Å². The number of hydrogen-bond acceptors (Lipinski definition) is 3. The lowest BCUT2D eigenvalue weighted by atomic mass is 9.92. The zero-order chi connectivity index (χ0) is 11.9. The van der Waals surface area contributed by atoms with Crippen LogP contribution in [0.25, 0.3) is 0 Å². The summed E-state index contributed by atoms with van der Waals surface area (Å²) in [6.45, 7) is 3.75. The summed E-state index contributed by atoms with van der Waals surface area (Å²) >= 11 is 0. The molecule has 1 saturated carbocycles. The summed E-state index contributed by atoms with van der Waals surface area (Å²) in [5, 5.41) is 19.3. The summed E-state index contributed by atoms with van der Waals surface area (Å²) in [6.07, 6.45) is 1.67. The highest BCUT2D eigenvalue weighted by atomic mass is 16.5. The molecule has 2 rings (SSSR count). The Kier molecular flexibility index (Phi) is 2.31. The molecule has 0 saturated heterocycles. The van der Waals surface area contributed by atoms with Crippen molar-refractivity contribution in [3.05, 3.63) is 22.8 Å². The van der Waals surface area contributed by atoms with Gasteiger partial charge in [-0.2, -0.15) is 5.26 Å². The third kappa shape index (κ3) is 1.34. The van der Waals surface area contributed by atoms with Crippen molar-refractivity contribution in [2.75, 3.05) is 7.11 Å². The highest BCUT2D eigenvalue weighted by Gasteiger charge is 2.47. The predicted molar refractivity (Wildman–Crippen MR) is 60.7 cm³/mol. The lowest BCUT2D eigenvalue weighted by Gasteiger charge is -2.16. The Labute approximate surface area is 95.3 Å². The van der Waals surface area contributed by atoms with E-state index in [9.17, 15) is 5.11 Å². The van der Waals surface area contributed by atoms with Crippen LogP contribution in [-0.4, -0.2) is 12.2 Å².